The van der Waals surface area contributed by atoms with E-state index in [1.165, 1.54) is 6.42 Å². The molecule has 170 valence electrons. The van der Waals surface area contributed by atoms with Gasteiger partial charge >= 0.3 is 6.03 Å². The predicted molar refractivity (Wildman–Crippen MR) is 132 cm³/mol. The number of amides is 3. The average molecular weight is 443 g/mol. The molecular formula is C27H30N4O2. The summed E-state index contributed by atoms with van der Waals surface area (Å²) in [5, 5.41) is 8.81. The van der Waals surface area contributed by atoms with Gasteiger partial charge in [0.15, 0.2) is 0 Å². The van der Waals surface area contributed by atoms with Crippen LogP contribution in [0.1, 0.15) is 35.2 Å². The van der Waals surface area contributed by atoms with Crippen molar-refractivity contribution in [1.29, 1.82) is 0 Å². The smallest absolute Gasteiger partial charge is 0.319 e. The molecule has 1 heterocycles. The molecule has 3 N–H and O–H groups in total. The minimum absolute atomic E-state index is 0.114. The molecule has 3 aromatic carbocycles. The van der Waals surface area contributed by atoms with Crippen LogP contribution in [0.2, 0.25) is 0 Å². The van der Waals surface area contributed by atoms with Crippen molar-refractivity contribution in [2.75, 3.05) is 23.7 Å². The first kappa shape index (κ1) is 22.6. The van der Waals surface area contributed by atoms with Crippen molar-refractivity contribution < 1.29 is 9.59 Å². The molecule has 1 unspecified atom stereocenters. The van der Waals surface area contributed by atoms with Crippen LogP contribution in [-0.4, -0.2) is 36.0 Å². The summed E-state index contributed by atoms with van der Waals surface area (Å²) in [6.07, 6.45) is 3.38. The van der Waals surface area contributed by atoms with Crippen molar-refractivity contribution in [3.63, 3.8) is 0 Å². The second kappa shape index (κ2) is 11.3. The second-order valence-electron chi connectivity index (χ2n) is 8.34. The summed E-state index contributed by atoms with van der Waals surface area (Å²) in [5.41, 5.74) is 3.36. The molecule has 0 aromatic heterocycles. The van der Waals surface area contributed by atoms with Crippen LogP contribution in [-0.2, 0) is 6.54 Å². The molecule has 1 aliphatic rings. The number of nitrogens with zero attached hydrogens (tertiary/aromatic N) is 1. The monoisotopic (exact) mass is 442 g/mol. The second-order valence-corrected chi connectivity index (χ2v) is 8.34. The van der Waals surface area contributed by atoms with E-state index < -0.39 is 0 Å². The first-order chi connectivity index (χ1) is 16.2. The van der Waals surface area contributed by atoms with E-state index in [0.717, 1.165) is 42.9 Å². The number of carbonyl (C=O) groups excluding carboxylic acids is 2. The lowest BCUT2D eigenvalue weighted by Gasteiger charge is -2.36. The molecule has 1 saturated heterocycles. The Kier molecular flexibility index (Phi) is 7.72. The number of carbonyl (C=O) groups is 2. The summed E-state index contributed by atoms with van der Waals surface area (Å²) in [4.78, 5) is 27.2. The largest absolute Gasteiger partial charge is 0.336 e. The molecule has 6 nitrogen and oxygen atoms in total. The first-order valence-corrected chi connectivity index (χ1v) is 11.5. The third kappa shape index (κ3) is 6.67. The Bertz CT molecular complexity index is 1040. The van der Waals surface area contributed by atoms with Gasteiger partial charge in [0.25, 0.3) is 5.91 Å². The highest BCUT2D eigenvalue weighted by atomic mass is 16.2. The topological polar surface area (TPSA) is 73.5 Å². The molecule has 0 saturated carbocycles. The van der Waals surface area contributed by atoms with Gasteiger partial charge in [-0.25, -0.2) is 4.79 Å². The Morgan fingerprint density at radius 2 is 1.42 bits per heavy atom. The third-order valence-corrected chi connectivity index (χ3v) is 5.91. The van der Waals surface area contributed by atoms with Gasteiger partial charge in [0.2, 0.25) is 0 Å². The fourth-order valence-electron chi connectivity index (χ4n) is 4.13. The molecule has 1 aliphatic heterocycles. The zero-order valence-corrected chi connectivity index (χ0v) is 18.7. The van der Waals surface area contributed by atoms with Crippen LogP contribution in [0.3, 0.4) is 0 Å². The van der Waals surface area contributed by atoms with Gasteiger partial charge in [-0.05, 0) is 61.3 Å². The van der Waals surface area contributed by atoms with Crippen molar-refractivity contribution in [1.82, 2.24) is 10.2 Å². The van der Waals surface area contributed by atoms with Crippen molar-refractivity contribution in [2.45, 2.75) is 31.8 Å². The Hall–Kier alpha value is -3.64. The van der Waals surface area contributed by atoms with E-state index in [9.17, 15) is 9.59 Å². The number of para-hydroxylation sites is 2. The molecule has 3 aromatic rings. The normalized spacial score (nSPS) is 16.1. The van der Waals surface area contributed by atoms with Crippen LogP contribution >= 0.6 is 0 Å². The van der Waals surface area contributed by atoms with Crippen LogP contribution in [0.5, 0.6) is 0 Å². The van der Waals surface area contributed by atoms with Gasteiger partial charge in [0, 0.05) is 36.1 Å². The van der Waals surface area contributed by atoms with Crippen molar-refractivity contribution in [3.8, 4) is 0 Å². The summed E-state index contributed by atoms with van der Waals surface area (Å²) in [6.45, 7) is 2.41. The summed E-state index contributed by atoms with van der Waals surface area (Å²) >= 11 is 0. The lowest BCUT2D eigenvalue weighted by molar-refractivity contribution is 0.102. The van der Waals surface area contributed by atoms with Crippen molar-refractivity contribution in [2.24, 2.45) is 0 Å². The van der Waals surface area contributed by atoms with Crippen LogP contribution in [0.15, 0.2) is 84.9 Å². The van der Waals surface area contributed by atoms with Crippen LogP contribution < -0.4 is 16.0 Å². The third-order valence-electron chi connectivity index (χ3n) is 5.91. The van der Waals surface area contributed by atoms with Gasteiger partial charge < -0.3 is 16.0 Å². The first-order valence-electron chi connectivity index (χ1n) is 11.5. The Morgan fingerprint density at radius 1 is 0.788 bits per heavy atom. The zero-order chi connectivity index (χ0) is 22.9. The summed E-state index contributed by atoms with van der Waals surface area (Å²) in [5.74, 6) is -0.114. The average Bonchev–Trinajstić information content (AvgIpc) is 2.85. The molecule has 3 amide bonds. The molecule has 6 heteroatoms. The maximum atomic E-state index is 12.5. The molecule has 1 fully saturated rings. The predicted octanol–water partition coefficient (Wildman–Crippen LogP) is 5.12. The summed E-state index contributed by atoms with van der Waals surface area (Å²) in [7, 11) is 0. The minimum Gasteiger partial charge on any atom is -0.336 e. The van der Waals surface area contributed by atoms with Gasteiger partial charge in [-0.15, -0.1) is 0 Å². The number of piperidine rings is 1. The van der Waals surface area contributed by atoms with Gasteiger partial charge in [0.05, 0.1) is 0 Å². The lowest BCUT2D eigenvalue weighted by Crippen LogP contribution is -2.47. The number of rotatable bonds is 7. The number of nitrogens with one attached hydrogen (secondary N) is 3. The van der Waals surface area contributed by atoms with E-state index in [1.54, 1.807) is 0 Å². The number of hydrogen-bond acceptors (Lipinski definition) is 3. The van der Waals surface area contributed by atoms with Crippen LogP contribution in [0, 0.1) is 0 Å². The molecule has 0 radical (unpaired) electrons. The Balaban J connectivity index is 1.30. The molecule has 0 spiro atoms. The van der Waals surface area contributed by atoms with Gasteiger partial charge in [-0.3, -0.25) is 9.69 Å². The SMILES string of the molecule is O=C(NCC1CCCCN1Cc1ccc(C(=O)Nc2ccccc2)cc1)Nc1ccccc1. The van der Waals surface area contributed by atoms with E-state index in [2.05, 4.69) is 20.9 Å². The minimum atomic E-state index is -0.180. The van der Waals surface area contributed by atoms with Gasteiger partial charge in [0.1, 0.15) is 0 Å². The van der Waals surface area contributed by atoms with E-state index in [-0.39, 0.29) is 11.9 Å². The number of hydrogen-bond donors (Lipinski definition) is 3. The highest BCUT2D eigenvalue weighted by molar-refractivity contribution is 6.04. The standard InChI is InChI=1S/C27H30N4O2/c32-26(29-23-9-3-1-4-10-23)22-16-14-21(15-17-22)20-31-18-8-7-13-25(31)19-28-27(33)30-24-11-5-2-6-12-24/h1-6,9-12,14-17,25H,7-8,13,18-20H2,(H,29,32)(H2,28,30,33). The van der Waals surface area contributed by atoms with Gasteiger partial charge in [-0.2, -0.15) is 0 Å². The highest BCUT2D eigenvalue weighted by Gasteiger charge is 2.23. The van der Waals surface area contributed by atoms with E-state index >= 15 is 0 Å². The number of urea groups is 1. The fourth-order valence-corrected chi connectivity index (χ4v) is 4.13. The van der Waals surface area contributed by atoms with E-state index in [0.29, 0.717) is 18.2 Å². The summed E-state index contributed by atoms with van der Waals surface area (Å²) < 4.78 is 0. The van der Waals surface area contributed by atoms with E-state index in [4.69, 9.17) is 0 Å². The maximum Gasteiger partial charge on any atom is 0.319 e. The fraction of sp³-hybridized carbons (Fsp3) is 0.259. The number of likely N-dealkylation sites (tertiary alicyclic amines) is 1. The van der Waals surface area contributed by atoms with Crippen molar-refractivity contribution in [3.05, 3.63) is 96.1 Å². The zero-order valence-electron chi connectivity index (χ0n) is 18.7. The van der Waals surface area contributed by atoms with Crippen molar-refractivity contribution >= 4 is 23.3 Å². The molecule has 4 rings (SSSR count). The highest BCUT2D eigenvalue weighted by Crippen LogP contribution is 2.20. The molecule has 1 atom stereocenters. The molecule has 0 aliphatic carbocycles. The quantitative estimate of drug-likeness (QED) is 0.476. The number of benzene rings is 3. The number of anilines is 2. The Labute approximate surface area is 195 Å². The van der Waals surface area contributed by atoms with Crippen LogP contribution in [0.25, 0.3) is 0 Å². The molecule has 0 bridgehead atoms. The van der Waals surface area contributed by atoms with E-state index in [1.807, 2.05) is 84.9 Å². The lowest BCUT2D eigenvalue weighted by atomic mass is 10.0. The maximum absolute atomic E-state index is 12.5. The molecule has 33 heavy (non-hydrogen) atoms. The molecular weight excluding hydrogens is 412 g/mol. The summed E-state index contributed by atoms with van der Waals surface area (Å²) in [6, 6.07) is 26.8. The van der Waals surface area contributed by atoms with Gasteiger partial charge in [-0.1, -0.05) is 55.0 Å². The van der Waals surface area contributed by atoms with Crippen LogP contribution in [0.4, 0.5) is 16.2 Å². The Morgan fingerprint density at radius 3 is 2.09 bits per heavy atom.